The van der Waals surface area contributed by atoms with Gasteiger partial charge in [0.25, 0.3) is 5.91 Å². The number of rotatable bonds is 7. The molecule has 7 heteroatoms. The Morgan fingerprint density at radius 3 is 2.45 bits per heavy atom. The lowest BCUT2D eigenvalue weighted by molar-refractivity contribution is 0.0689. The molecule has 1 aromatic heterocycles. The molecule has 33 heavy (non-hydrogen) atoms. The maximum absolute atomic E-state index is 13.5. The van der Waals surface area contributed by atoms with Crippen LogP contribution in [0, 0.1) is 6.92 Å². The van der Waals surface area contributed by atoms with Crippen LogP contribution in [-0.4, -0.2) is 27.5 Å². The highest BCUT2D eigenvalue weighted by Gasteiger charge is 2.25. The molecule has 0 saturated carbocycles. The zero-order chi connectivity index (χ0) is 23.4. The molecule has 0 bridgehead atoms. The first kappa shape index (κ1) is 23.0. The second kappa shape index (κ2) is 10.2. The number of halogens is 2. The van der Waals surface area contributed by atoms with Crippen molar-refractivity contribution in [1.29, 1.82) is 0 Å². The Morgan fingerprint density at radius 2 is 1.73 bits per heavy atom. The van der Waals surface area contributed by atoms with Gasteiger partial charge in [-0.05, 0) is 43.2 Å². The summed E-state index contributed by atoms with van der Waals surface area (Å²) in [4.78, 5) is 19.7. The molecule has 5 nitrogen and oxygen atoms in total. The number of amides is 1. The van der Waals surface area contributed by atoms with Gasteiger partial charge in [-0.25, -0.2) is 0 Å². The summed E-state index contributed by atoms with van der Waals surface area (Å²) in [7, 11) is 0. The molecule has 0 unspecified atom stereocenters. The van der Waals surface area contributed by atoms with Gasteiger partial charge >= 0.3 is 0 Å². The van der Waals surface area contributed by atoms with Crippen molar-refractivity contribution in [2.75, 3.05) is 6.54 Å². The van der Waals surface area contributed by atoms with E-state index in [0.717, 1.165) is 16.7 Å². The average molecular weight is 480 g/mol. The Bertz CT molecular complexity index is 1260. The molecule has 4 aromatic rings. The van der Waals surface area contributed by atoms with E-state index < -0.39 is 0 Å². The molecule has 168 valence electrons. The lowest BCUT2D eigenvalue weighted by Gasteiger charge is -2.29. The summed E-state index contributed by atoms with van der Waals surface area (Å²) in [6.07, 6.45) is 0.403. The first-order valence-corrected chi connectivity index (χ1v) is 11.4. The molecule has 0 aliphatic rings. The van der Waals surface area contributed by atoms with Gasteiger partial charge in [-0.2, -0.15) is 4.98 Å². The molecule has 0 fully saturated rings. The van der Waals surface area contributed by atoms with Crippen molar-refractivity contribution in [3.05, 3.63) is 105 Å². The van der Waals surface area contributed by atoms with Gasteiger partial charge in [0.05, 0.1) is 16.6 Å². The van der Waals surface area contributed by atoms with Crippen LogP contribution in [0.2, 0.25) is 10.0 Å². The van der Waals surface area contributed by atoms with Crippen LogP contribution >= 0.6 is 23.2 Å². The van der Waals surface area contributed by atoms with Crippen LogP contribution in [0.4, 0.5) is 0 Å². The Kier molecular flexibility index (Phi) is 7.11. The van der Waals surface area contributed by atoms with Crippen molar-refractivity contribution in [2.24, 2.45) is 0 Å². The number of benzene rings is 3. The second-order valence-corrected chi connectivity index (χ2v) is 8.61. The molecule has 4 rings (SSSR count). The van der Waals surface area contributed by atoms with Gasteiger partial charge in [-0.3, -0.25) is 4.79 Å². The van der Waals surface area contributed by atoms with E-state index in [2.05, 4.69) is 10.1 Å². The van der Waals surface area contributed by atoms with Gasteiger partial charge in [0.2, 0.25) is 11.7 Å². The first-order chi connectivity index (χ1) is 15.9. The number of nitrogens with zero attached hydrogens (tertiary/aromatic N) is 3. The topological polar surface area (TPSA) is 59.2 Å². The maximum Gasteiger partial charge on any atom is 0.255 e. The third-order valence-corrected chi connectivity index (χ3v) is 6.32. The molecule has 0 aliphatic carbocycles. The fraction of sp³-hybridized carbons (Fsp3) is 0.192. The third kappa shape index (κ3) is 5.27. The zero-order valence-electron chi connectivity index (χ0n) is 18.3. The second-order valence-electron chi connectivity index (χ2n) is 7.79. The lowest BCUT2D eigenvalue weighted by Crippen LogP contribution is -2.35. The summed E-state index contributed by atoms with van der Waals surface area (Å²) in [5.74, 6) is 0.757. The number of hydrogen-bond donors (Lipinski definition) is 0. The van der Waals surface area contributed by atoms with Crippen molar-refractivity contribution in [2.45, 2.75) is 26.3 Å². The van der Waals surface area contributed by atoms with E-state index in [-0.39, 0.29) is 11.9 Å². The predicted octanol–water partition coefficient (Wildman–Crippen LogP) is 6.80. The van der Waals surface area contributed by atoms with Gasteiger partial charge in [0, 0.05) is 23.6 Å². The monoisotopic (exact) mass is 479 g/mol. The van der Waals surface area contributed by atoms with E-state index in [9.17, 15) is 4.79 Å². The minimum Gasteiger partial charge on any atom is -0.339 e. The van der Waals surface area contributed by atoms with Crippen LogP contribution in [0.5, 0.6) is 0 Å². The fourth-order valence-corrected chi connectivity index (χ4v) is 3.99. The van der Waals surface area contributed by atoms with E-state index >= 15 is 0 Å². The highest BCUT2D eigenvalue weighted by molar-refractivity contribution is 6.33. The van der Waals surface area contributed by atoms with Crippen LogP contribution in [0.15, 0.2) is 77.3 Å². The largest absolute Gasteiger partial charge is 0.339 e. The van der Waals surface area contributed by atoms with Crippen LogP contribution in [0.25, 0.3) is 11.4 Å². The molecule has 0 aliphatic heterocycles. The van der Waals surface area contributed by atoms with Gasteiger partial charge in [0.1, 0.15) is 0 Å². The first-order valence-electron chi connectivity index (χ1n) is 10.6. The third-order valence-electron chi connectivity index (χ3n) is 5.58. The number of carbonyl (C=O) groups is 1. The Labute approximate surface area is 203 Å². The van der Waals surface area contributed by atoms with Crippen LogP contribution in [-0.2, 0) is 6.42 Å². The Morgan fingerprint density at radius 1 is 1.00 bits per heavy atom. The molecule has 0 radical (unpaired) electrons. The van der Waals surface area contributed by atoms with Crippen molar-refractivity contribution in [1.82, 2.24) is 15.0 Å². The van der Waals surface area contributed by atoms with E-state index in [1.54, 1.807) is 23.1 Å². The maximum atomic E-state index is 13.5. The van der Waals surface area contributed by atoms with E-state index in [0.29, 0.717) is 40.3 Å². The van der Waals surface area contributed by atoms with E-state index in [4.69, 9.17) is 27.7 Å². The van der Waals surface area contributed by atoms with Gasteiger partial charge in [0.15, 0.2) is 0 Å². The van der Waals surface area contributed by atoms with Gasteiger partial charge in [-0.15, -0.1) is 0 Å². The van der Waals surface area contributed by atoms with Crippen molar-refractivity contribution in [3.63, 3.8) is 0 Å². The normalized spacial score (nSPS) is 11.9. The van der Waals surface area contributed by atoms with Crippen molar-refractivity contribution < 1.29 is 9.32 Å². The molecule has 0 saturated heterocycles. The van der Waals surface area contributed by atoms with Gasteiger partial charge in [-0.1, -0.05) is 83.0 Å². The molecular formula is C26H23Cl2N3O2. The summed E-state index contributed by atoms with van der Waals surface area (Å²) >= 11 is 12.6. The fourth-order valence-electron chi connectivity index (χ4n) is 3.59. The average Bonchev–Trinajstić information content (AvgIpc) is 3.30. The predicted molar refractivity (Wildman–Crippen MR) is 131 cm³/mol. The highest BCUT2D eigenvalue weighted by atomic mass is 35.5. The molecule has 0 spiro atoms. The summed E-state index contributed by atoms with van der Waals surface area (Å²) < 4.78 is 5.47. The quantitative estimate of drug-likeness (QED) is 0.292. The lowest BCUT2D eigenvalue weighted by atomic mass is 10.0. The molecule has 1 atom stereocenters. The molecule has 3 aromatic carbocycles. The van der Waals surface area contributed by atoms with Crippen LogP contribution < -0.4 is 0 Å². The molecule has 1 amide bonds. The van der Waals surface area contributed by atoms with E-state index in [1.807, 2.05) is 68.4 Å². The highest BCUT2D eigenvalue weighted by Crippen LogP contribution is 2.26. The smallest absolute Gasteiger partial charge is 0.255 e. The van der Waals surface area contributed by atoms with Crippen molar-refractivity contribution in [3.8, 4) is 11.4 Å². The summed E-state index contributed by atoms with van der Waals surface area (Å²) in [6, 6.07) is 22.4. The Hall–Kier alpha value is -3.15. The minimum atomic E-state index is -0.173. The minimum absolute atomic E-state index is 0.151. The molecular weight excluding hydrogens is 457 g/mol. The summed E-state index contributed by atoms with van der Waals surface area (Å²) in [6.45, 7) is 4.32. The number of aryl methyl sites for hydroxylation is 1. The van der Waals surface area contributed by atoms with Crippen molar-refractivity contribution >= 4 is 29.1 Å². The van der Waals surface area contributed by atoms with Gasteiger partial charge < -0.3 is 9.42 Å². The number of hydrogen-bond acceptors (Lipinski definition) is 4. The zero-order valence-corrected chi connectivity index (χ0v) is 19.8. The molecule has 1 heterocycles. The summed E-state index contributed by atoms with van der Waals surface area (Å²) in [5, 5.41) is 5.15. The Balaban J connectivity index is 1.57. The van der Waals surface area contributed by atoms with E-state index in [1.165, 1.54) is 0 Å². The standard InChI is InChI=1S/C26H23Cl2N3O2/c1-17-12-13-20(16-23(17)28)25-29-24(33-30-25)14-15-31(18(2)19-8-4-3-5-9-19)26(32)21-10-6-7-11-22(21)27/h3-13,16,18H,14-15H2,1-2H3/t18-/m0/s1. The SMILES string of the molecule is Cc1ccc(-c2noc(CCN(C(=O)c3ccccc3Cl)[C@@H](C)c3ccccc3)n2)cc1Cl. The van der Waals surface area contributed by atoms with Crippen LogP contribution in [0.1, 0.15) is 40.3 Å². The van der Waals surface area contributed by atoms with Crippen LogP contribution in [0.3, 0.4) is 0 Å². The molecule has 0 N–H and O–H groups in total. The number of carbonyl (C=O) groups excluding carboxylic acids is 1. The summed E-state index contributed by atoms with van der Waals surface area (Å²) in [5.41, 5.74) is 3.25. The number of aromatic nitrogens is 2.